The van der Waals surface area contributed by atoms with Gasteiger partial charge in [0, 0.05) is 59.4 Å². The van der Waals surface area contributed by atoms with Crippen molar-refractivity contribution < 1.29 is 4.79 Å². The SMILES string of the molecule is CN=C(NCc1ccc(C(=O)N(C)C)cc1)N1CCN(c2cccs2)CC1. The van der Waals surface area contributed by atoms with E-state index in [0.29, 0.717) is 12.1 Å². The number of amides is 1. The highest BCUT2D eigenvalue weighted by Crippen LogP contribution is 2.22. The summed E-state index contributed by atoms with van der Waals surface area (Å²) in [7, 11) is 5.35. The van der Waals surface area contributed by atoms with Crippen molar-refractivity contribution in [3.63, 3.8) is 0 Å². The van der Waals surface area contributed by atoms with Gasteiger partial charge < -0.3 is 20.0 Å². The molecule has 1 fully saturated rings. The Morgan fingerprint density at radius 2 is 1.85 bits per heavy atom. The Morgan fingerprint density at radius 1 is 1.15 bits per heavy atom. The van der Waals surface area contributed by atoms with E-state index in [0.717, 1.165) is 37.7 Å². The summed E-state index contributed by atoms with van der Waals surface area (Å²) in [5.41, 5.74) is 1.83. The number of rotatable bonds is 4. The van der Waals surface area contributed by atoms with Gasteiger partial charge >= 0.3 is 0 Å². The number of aliphatic imine (C=N–C) groups is 1. The molecule has 0 bridgehead atoms. The van der Waals surface area contributed by atoms with Gasteiger partial charge in [-0.05, 0) is 35.2 Å². The van der Waals surface area contributed by atoms with Gasteiger partial charge in [-0.2, -0.15) is 0 Å². The Hall–Kier alpha value is -2.54. The van der Waals surface area contributed by atoms with Crippen molar-refractivity contribution >= 4 is 28.2 Å². The number of guanidine groups is 1. The number of carbonyl (C=O) groups excluding carboxylic acids is 1. The van der Waals surface area contributed by atoms with Crippen molar-refractivity contribution in [3.05, 3.63) is 52.9 Å². The molecule has 144 valence electrons. The van der Waals surface area contributed by atoms with Crippen molar-refractivity contribution in [2.45, 2.75) is 6.54 Å². The summed E-state index contributed by atoms with van der Waals surface area (Å²) in [6, 6.07) is 12.0. The van der Waals surface area contributed by atoms with Gasteiger partial charge in [0.05, 0.1) is 5.00 Å². The molecule has 6 nitrogen and oxygen atoms in total. The molecule has 0 atom stereocenters. The van der Waals surface area contributed by atoms with Crippen LogP contribution < -0.4 is 10.2 Å². The first-order valence-corrected chi connectivity index (χ1v) is 10.0. The molecule has 0 radical (unpaired) electrons. The molecule has 0 unspecified atom stereocenters. The number of piperazine rings is 1. The van der Waals surface area contributed by atoms with E-state index < -0.39 is 0 Å². The molecule has 1 N–H and O–H groups in total. The fourth-order valence-electron chi connectivity index (χ4n) is 3.13. The largest absolute Gasteiger partial charge is 0.360 e. The van der Waals surface area contributed by atoms with E-state index in [-0.39, 0.29) is 5.91 Å². The summed E-state index contributed by atoms with van der Waals surface area (Å²) in [5, 5.41) is 6.90. The molecule has 3 rings (SSSR count). The Balaban J connectivity index is 1.52. The second-order valence-electron chi connectivity index (χ2n) is 6.72. The van der Waals surface area contributed by atoms with E-state index in [1.54, 1.807) is 30.3 Å². The van der Waals surface area contributed by atoms with Gasteiger partial charge in [0.2, 0.25) is 0 Å². The van der Waals surface area contributed by atoms with Crippen molar-refractivity contribution in [1.29, 1.82) is 0 Å². The molecule has 1 aromatic carbocycles. The van der Waals surface area contributed by atoms with Crippen LogP contribution in [0.25, 0.3) is 0 Å². The van der Waals surface area contributed by atoms with Crippen LogP contribution in [0.3, 0.4) is 0 Å². The number of nitrogens with zero attached hydrogens (tertiary/aromatic N) is 4. The van der Waals surface area contributed by atoms with E-state index in [9.17, 15) is 4.79 Å². The predicted octanol–water partition coefficient (Wildman–Crippen LogP) is 2.35. The lowest BCUT2D eigenvalue weighted by Crippen LogP contribution is -2.52. The highest BCUT2D eigenvalue weighted by Gasteiger charge is 2.20. The maximum Gasteiger partial charge on any atom is 0.253 e. The zero-order valence-corrected chi connectivity index (χ0v) is 17.0. The Morgan fingerprint density at radius 3 is 2.41 bits per heavy atom. The van der Waals surface area contributed by atoms with Gasteiger partial charge in [0.25, 0.3) is 5.91 Å². The molecule has 1 amide bonds. The van der Waals surface area contributed by atoms with Crippen molar-refractivity contribution in [2.75, 3.05) is 52.2 Å². The third-order valence-electron chi connectivity index (χ3n) is 4.67. The summed E-state index contributed by atoms with van der Waals surface area (Å²) in [6.07, 6.45) is 0. The van der Waals surface area contributed by atoms with Crippen molar-refractivity contribution in [2.24, 2.45) is 4.99 Å². The summed E-state index contributed by atoms with van der Waals surface area (Å²) in [5.74, 6) is 0.947. The second-order valence-corrected chi connectivity index (χ2v) is 7.65. The number of benzene rings is 1. The fraction of sp³-hybridized carbons (Fsp3) is 0.400. The molecule has 1 aliphatic rings. The summed E-state index contributed by atoms with van der Waals surface area (Å²) in [4.78, 5) is 22.7. The summed E-state index contributed by atoms with van der Waals surface area (Å²) in [6.45, 7) is 4.60. The van der Waals surface area contributed by atoms with Crippen LogP contribution in [0.15, 0.2) is 46.8 Å². The smallest absolute Gasteiger partial charge is 0.253 e. The molecular weight excluding hydrogens is 358 g/mol. The van der Waals surface area contributed by atoms with E-state index in [2.05, 4.69) is 37.6 Å². The van der Waals surface area contributed by atoms with Crippen LogP contribution in [-0.2, 0) is 6.54 Å². The lowest BCUT2D eigenvalue weighted by Gasteiger charge is -2.37. The number of nitrogens with one attached hydrogen (secondary N) is 1. The average molecular weight is 386 g/mol. The summed E-state index contributed by atoms with van der Waals surface area (Å²) < 4.78 is 0. The molecular formula is C20H27N5OS. The maximum absolute atomic E-state index is 12.0. The highest BCUT2D eigenvalue weighted by atomic mass is 32.1. The topological polar surface area (TPSA) is 51.2 Å². The molecule has 0 spiro atoms. The molecule has 0 aliphatic carbocycles. The number of anilines is 1. The van der Waals surface area contributed by atoms with Crippen molar-refractivity contribution in [3.8, 4) is 0 Å². The molecule has 1 saturated heterocycles. The van der Waals surface area contributed by atoms with Gasteiger partial charge in [-0.15, -0.1) is 11.3 Å². The molecule has 0 saturated carbocycles. The Labute approximate surface area is 165 Å². The van der Waals surface area contributed by atoms with Gasteiger partial charge in [-0.25, -0.2) is 0 Å². The van der Waals surface area contributed by atoms with E-state index in [1.807, 2.05) is 31.3 Å². The minimum absolute atomic E-state index is 0.0222. The quantitative estimate of drug-likeness (QED) is 0.648. The summed E-state index contributed by atoms with van der Waals surface area (Å²) >= 11 is 1.79. The lowest BCUT2D eigenvalue weighted by atomic mass is 10.1. The van der Waals surface area contributed by atoms with Gasteiger partial charge in [0.1, 0.15) is 0 Å². The molecule has 2 aromatic rings. The van der Waals surface area contributed by atoms with Gasteiger partial charge in [-0.3, -0.25) is 9.79 Å². The van der Waals surface area contributed by atoms with Gasteiger partial charge in [0.15, 0.2) is 5.96 Å². The Bertz CT molecular complexity index is 762. The highest BCUT2D eigenvalue weighted by molar-refractivity contribution is 7.14. The zero-order chi connectivity index (χ0) is 19.2. The number of thiophene rings is 1. The van der Waals surface area contributed by atoms with Crippen LogP contribution in [0.4, 0.5) is 5.00 Å². The lowest BCUT2D eigenvalue weighted by molar-refractivity contribution is 0.0827. The number of carbonyl (C=O) groups is 1. The van der Waals surface area contributed by atoms with Crippen LogP contribution in [0.5, 0.6) is 0 Å². The number of hydrogen-bond acceptors (Lipinski definition) is 4. The van der Waals surface area contributed by atoms with Crippen LogP contribution in [0.1, 0.15) is 15.9 Å². The first-order chi connectivity index (χ1) is 13.1. The van der Waals surface area contributed by atoms with Crippen LogP contribution in [-0.4, -0.2) is 69.0 Å². The molecule has 7 heteroatoms. The normalized spacial score (nSPS) is 15.0. The zero-order valence-electron chi connectivity index (χ0n) is 16.2. The first kappa shape index (κ1) is 19.2. The minimum Gasteiger partial charge on any atom is -0.360 e. The standard InChI is InChI=1S/C20H27N5OS/c1-21-20(25-12-10-24(11-13-25)18-5-4-14-27-18)22-15-16-6-8-17(9-7-16)19(26)23(2)3/h4-9,14H,10-13,15H2,1-3H3,(H,21,22). The average Bonchev–Trinajstić information content (AvgIpc) is 3.23. The van der Waals surface area contributed by atoms with E-state index in [4.69, 9.17) is 0 Å². The fourth-order valence-corrected chi connectivity index (χ4v) is 3.91. The number of hydrogen-bond donors (Lipinski definition) is 1. The van der Waals surface area contributed by atoms with E-state index in [1.165, 1.54) is 5.00 Å². The third kappa shape index (κ3) is 4.80. The molecule has 27 heavy (non-hydrogen) atoms. The molecule has 2 heterocycles. The Kier molecular flexibility index (Phi) is 6.34. The molecule has 1 aromatic heterocycles. The predicted molar refractivity (Wildman–Crippen MR) is 113 cm³/mol. The van der Waals surface area contributed by atoms with Crippen LogP contribution in [0, 0.1) is 0 Å². The first-order valence-electron chi connectivity index (χ1n) is 9.13. The van der Waals surface area contributed by atoms with Crippen molar-refractivity contribution in [1.82, 2.24) is 15.1 Å². The van der Waals surface area contributed by atoms with Crippen LogP contribution >= 0.6 is 11.3 Å². The maximum atomic E-state index is 12.0. The monoisotopic (exact) mass is 385 g/mol. The third-order valence-corrected chi connectivity index (χ3v) is 5.60. The van der Waals surface area contributed by atoms with Crippen LogP contribution in [0.2, 0.25) is 0 Å². The molecule has 1 aliphatic heterocycles. The van der Waals surface area contributed by atoms with Gasteiger partial charge in [-0.1, -0.05) is 12.1 Å². The second kappa shape index (κ2) is 8.90. The minimum atomic E-state index is 0.0222. The van der Waals surface area contributed by atoms with E-state index >= 15 is 0 Å².